The van der Waals surface area contributed by atoms with Gasteiger partial charge in [-0.1, -0.05) is 28.6 Å². The molecular weight excluding hydrogens is 245 g/mol. The summed E-state index contributed by atoms with van der Waals surface area (Å²) in [6.45, 7) is 7.07. The van der Waals surface area contributed by atoms with E-state index in [1.165, 1.54) is 6.07 Å². The number of halogens is 2. The van der Waals surface area contributed by atoms with Crippen molar-refractivity contribution in [3.05, 3.63) is 46.2 Å². The van der Waals surface area contributed by atoms with Crippen molar-refractivity contribution in [3.8, 4) is 0 Å². The van der Waals surface area contributed by atoms with Crippen molar-refractivity contribution in [2.75, 3.05) is 6.54 Å². The highest BCUT2D eigenvalue weighted by Gasteiger charge is 1.99. The van der Waals surface area contributed by atoms with Gasteiger partial charge in [0.05, 0.1) is 0 Å². The molecular formula is C11H13BrFN. The van der Waals surface area contributed by atoms with Gasteiger partial charge in [-0.05, 0) is 30.2 Å². The number of aryl methyl sites for hydroxylation is 1. The Morgan fingerprint density at radius 1 is 1.57 bits per heavy atom. The Morgan fingerprint density at radius 3 is 2.86 bits per heavy atom. The van der Waals surface area contributed by atoms with E-state index in [-0.39, 0.29) is 5.82 Å². The second kappa shape index (κ2) is 5.27. The Morgan fingerprint density at radius 2 is 2.29 bits per heavy atom. The van der Waals surface area contributed by atoms with E-state index < -0.39 is 0 Å². The minimum Gasteiger partial charge on any atom is -0.308 e. The Labute approximate surface area is 92.1 Å². The molecule has 0 radical (unpaired) electrons. The van der Waals surface area contributed by atoms with Gasteiger partial charge in [0.2, 0.25) is 0 Å². The third-order valence-corrected chi connectivity index (χ3v) is 2.22. The van der Waals surface area contributed by atoms with E-state index in [9.17, 15) is 4.39 Å². The summed E-state index contributed by atoms with van der Waals surface area (Å²) in [7, 11) is 0. The largest absolute Gasteiger partial charge is 0.308 e. The molecule has 0 spiro atoms. The second-order valence-corrected chi connectivity index (χ2v) is 4.31. The number of benzene rings is 1. The SMILES string of the molecule is C=C(Br)CNCc1ccc(F)cc1C. The zero-order valence-electron chi connectivity index (χ0n) is 8.11. The summed E-state index contributed by atoms with van der Waals surface area (Å²) < 4.78 is 13.7. The summed E-state index contributed by atoms with van der Waals surface area (Å²) in [5, 5.41) is 3.19. The second-order valence-electron chi connectivity index (χ2n) is 3.19. The van der Waals surface area contributed by atoms with Crippen LogP contribution in [0.2, 0.25) is 0 Å². The fourth-order valence-electron chi connectivity index (χ4n) is 1.19. The standard InChI is InChI=1S/C11H13BrFN/c1-8-5-11(13)4-3-10(8)7-14-6-9(2)12/h3-5,14H,2,6-7H2,1H3. The van der Waals surface area contributed by atoms with Crippen molar-refractivity contribution in [3.63, 3.8) is 0 Å². The molecule has 3 heteroatoms. The number of rotatable bonds is 4. The third kappa shape index (κ3) is 3.60. The summed E-state index contributed by atoms with van der Waals surface area (Å²) in [5.41, 5.74) is 2.08. The van der Waals surface area contributed by atoms with E-state index >= 15 is 0 Å². The minimum absolute atomic E-state index is 0.184. The van der Waals surface area contributed by atoms with Gasteiger partial charge in [0, 0.05) is 17.6 Å². The molecule has 1 nitrogen and oxygen atoms in total. The molecule has 0 aromatic heterocycles. The van der Waals surface area contributed by atoms with Crippen LogP contribution >= 0.6 is 15.9 Å². The van der Waals surface area contributed by atoms with Gasteiger partial charge in [-0.2, -0.15) is 0 Å². The summed E-state index contributed by atoms with van der Waals surface area (Å²) in [4.78, 5) is 0. The van der Waals surface area contributed by atoms with E-state index in [0.717, 1.165) is 28.7 Å². The molecule has 1 N–H and O–H groups in total. The molecule has 0 bridgehead atoms. The first-order valence-corrected chi connectivity index (χ1v) is 5.18. The Hall–Kier alpha value is -0.670. The number of hydrogen-bond acceptors (Lipinski definition) is 1. The first-order valence-electron chi connectivity index (χ1n) is 4.38. The van der Waals surface area contributed by atoms with E-state index in [0.29, 0.717) is 0 Å². The lowest BCUT2D eigenvalue weighted by Crippen LogP contribution is -2.15. The van der Waals surface area contributed by atoms with Crippen LogP contribution in [0.3, 0.4) is 0 Å². The Kier molecular flexibility index (Phi) is 4.29. The molecule has 0 unspecified atom stereocenters. The molecule has 0 aliphatic heterocycles. The molecule has 0 aliphatic rings. The van der Waals surface area contributed by atoms with E-state index in [4.69, 9.17) is 0 Å². The fraction of sp³-hybridized carbons (Fsp3) is 0.273. The van der Waals surface area contributed by atoms with Crippen LogP contribution in [0.25, 0.3) is 0 Å². The predicted molar refractivity (Wildman–Crippen MR) is 60.9 cm³/mol. The van der Waals surface area contributed by atoms with Crippen LogP contribution in [0.5, 0.6) is 0 Å². The van der Waals surface area contributed by atoms with E-state index in [1.807, 2.05) is 6.92 Å². The molecule has 0 fully saturated rings. The molecule has 0 saturated carbocycles. The van der Waals surface area contributed by atoms with Gasteiger partial charge in [-0.25, -0.2) is 4.39 Å². The lowest BCUT2D eigenvalue weighted by Gasteiger charge is -2.06. The van der Waals surface area contributed by atoms with Crippen LogP contribution in [0, 0.1) is 12.7 Å². The van der Waals surface area contributed by atoms with Crippen LogP contribution in [-0.4, -0.2) is 6.54 Å². The van der Waals surface area contributed by atoms with E-state index in [2.05, 4.69) is 27.8 Å². The zero-order valence-corrected chi connectivity index (χ0v) is 9.70. The average molecular weight is 258 g/mol. The van der Waals surface area contributed by atoms with Crippen molar-refractivity contribution < 1.29 is 4.39 Å². The topological polar surface area (TPSA) is 12.0 Å². The van der Waals surface area contributed by atoms with Crippen molar-refractivity contribution in [2.24, 2.45) is 0 Å². The molecule has 0 saturated heterocycles. The summed E-state index contributed by atoms with van der Waals surface area (Å²) in [5.74, 6) is -0.184. The highest BCUT2D eigenvalue weighted by molar-refractivity contribution is 9.11. The van der Waals surface area contributed by atoms with Crippen molar-refractivity contribution in [1.82, 2.24) is 5.32 Å². The van der Waals surface area contributed by atoms with Crippen LogP contribution < -0.4 is 5.32 Å². The zero-order chi connectivity index (χ0) is 10.6. The molecule has 76 valence electrons. The maximum absolute atomic E-state index is 12.8. The van der Waals surface area contributed by atoms with Gasteiger partial charge >= 0.3 is 0 Å². The van der Waals surface area contributed by atoms with Crippen molar-refractivity contribution in [2.45, 2.75) is 13.5 Å². The van der Waals surface area contributed by atoms with Gasteiger partial charge < -0.3 is 5.32 Å². The van der Waals surface area contributed by atoms with Gasteiger partial charge in [-0.3, -0.25) is 0 Å². The molecule has 0 amide bonds. The summed E-state index contributed by atoms with van der Waals surface area (Å²) in [6, 6.07) is 4.82. The minimum atomic E-state index is -0.184. The normalized spacial score (nSPS) is 10.2. The highest BCUT2D eigenvalue weighted by atomic mass is 79.9. The third-order valence-electron chi connectivity index (χ3n) is 1.94. The summed E-state index contributed by atoms with van der Waals surface area (Å²) >= 11 is 3.26. The molecule has 0 heterocycles. The smallest absolute Gasteiger partial charge is 0.123 e. The Bertz CT molecular complexity index is 336. The molecule has 0 aliphatic carbocycles. The molecule has 0 atom stereocenters. The lowest BCUT2D eigenvalue weighted by molar-refractivity contribution is 0.624. The molecule has 1 rings (SSSR count). The first-order chi connectivity index (χ1) is 6.59. The molecule has 1 aromatic carbocycles. The monoisotopic (exact) mass is 257 g/mol. The fourth-order valence-corrected chi connectivity index (χ4v) is 1.39. The number of hydrogen-bond donors (Lipinski definition) is 1. The molecule has 1 aromatic rings. The Balaban J connectivity index is 2.55. The van der Waals surface area contributed by atoms with Gasteiger partial charge in [0.1, 0.15) is 5.82 Å². The molecule has 14 heavy (non-hydrogen) atoms. The summed E-state index contributed by atoms with van der Waals surface area (Å²) in [6.07, 6.45) is 0. The lowest BCUT2D eigenvalue weighted by atomic mass is 10.1. The van der Waals surface area contributed by atoms with Gasteiger partial charge in [0.25, 0.3) is 0 Å². The highest BCUT2D eigenvalue weighted by Crippen LogP contribution is 2.09. The maximum atomic E-state index is 12.8. The van der Waals surface area contributed by atoms with Crippen molar-refractivity contribution in [1.29, 1.82) is 0 Å². The van der Waals surface area contributed by atoms with Gasteiger partial charge in [0.15, 0.2) is 0 Å². The van der Waals surface area contributed by atoms with Crippen LogP contribution in [0.15, 0.2) is 29.3 Å². The quantitative estimate of drug-likeness (QED) is 0.874. The first kappa shape index (κ1) is 11.4. The predicted octanol–water partition coefficient (Wildman–Crippen LogP) is 3.13. The van der Waals surface area contributed by atoms with Crippen LogP contribution in [-0.2, 0) is 6.54 Å². The number of nitrogens with one attached hydrogen (secondary N) is 1. The van der Waals surface area contributed by atoms with E-state index in [1.54, 1.807) is 12.1 Å². The van der Waals surface area contributed by atoms with Crippen molar-refractivity contribution >= 4 is 15.9 Å². The van der Waals surface area contributed by atoms with Crippen LogP contribution in [0.1, 0.15) is 11.1 Å². The maximum Gasteiger partial charge on any atom is 0.123 e. The van der Waals surface area contributed by atoms with Crippen LogP contribution in [0.4, 0.5) is 4.39 Å². The average Bonchev–Trinajstić information content (AvgIpc) is 2.08. The van der Waals surface area contributed by atoms with Gasteiger partial charge in [-0.15, -0.1) is 0 Å².